The molecule has 2 amide bonds. The molecule has 3 rings (SSSR count). The van der Waals surface area contributed by atoms with Gasteiger partial charge in [-0.2, -0.15) is 0 Å². The van der Waals surface area contributed by atoms with Gasteiger partial charge in [-0.1, -0.05) is 12.1 Å². The van der Waals surface area contributed by atoms with Crippen LogP contribution in [0.5, 0.6) is 5.75 Å². The SMILES string of the molecule is O=C(O)c1ccccc1S[C@@H]1CC(=O)N(c2ccc(OC(F)(F)F)cc2)C1=O. The summed E-state index contributed by atoms with van der Waals surface area (Å²) in [4.78, 5) is 37.4. The van der Waals surface area contributed by atoms with Gasteiger partial charge in [0.05, 0.1) is 16.5 Å². The summed E-state index contributed by atoms with van der Waals surface area (Å²) >= 11 is 0.961. The highest BCUT2D eigenvalue weighted by Crippen LogP contribution is 2.36. The Balaban J connectivity index is 1.78. The van der Waals surface area contributed by atoms with E-state index in [0.717, 1.165) is 28.8 Å². The van der Waals surface area contributed by atoms with E-state index in [1.165, 1.54) is 24.3 Å². The monoisotopic (exact) mass is 411 g/mol. The number of rotatable bonds is 5. The van der Waals surface area contributed by atoms with Gasteiger partial charge < -0.3 is 9.84 Å². The quantitative estimate of drug-likeness (QED) is 0.756. The van der Waals surface area contributed by atoms with E-state index in [9.17, 15) is 32.7 Å². The van der Waals surface area contributed by atoms with Crippen LogP contribution in [0.4, 0.5) is 18.9 Å². The van der Waals surface area contributed by atoms with Gasteiger partial charge in [-0.3, -0.25) is 9.59 Å². The summed E-state index contributed by atoms with van der Waals surface area (Å²) in [7, 11) is 0. The van der Waals surface area contributed by atoms with Gasteiger partial charge in [-0.25, -0.2) is 9.69 Å². The number of benzene rings is 2. The first-order valence-electron chi connectivity index (χ1n) is 7.87. The number of anilines is 1. The summed E-state index contributed by atoms with van der Waals surface area (Å²) in [6, 6.07) is 10.5. The van der Waals surface area contributed by atoms with Crippen molar-refractivity contribution in [1.29, 1.82) is 0 Å². The third-order valence-corrected chi connectivity index (χ3v) is 5.08. The molecule has 10 heteroatoms. The van der Waals surface area contributed by atoms with E-state index >= 15 is 0 Å². The van der Waals surface area contributed by atoms with Crippen LogP contribution in [0.25, 0.3) is 0 Å². The Kier molecular flexibility index (Phi) is 5.32. The molecule has 0 saturated carbocycles. The van der Waals surface area contributed by atoms with Crippen molar-refractivity contribution < 1.29 is 37.4 Å². The Morgan fingerprint density at radius 2 is 1.75 bits per heavy atom. The van der Waals surface area contributed by atoms with Crippen LogP contribution in [-0.2, 0) is 9.59 Å². The molecule has 0 spiro atoms. The third kappa shape index (κ3) is 4.28. The van der Waals surface area contributed by atoms with Crippen LogP contribution >= 0.6 is 11.8 Å². The van der Waals surface area contributed by atoms with E-state index in [2.05, 4.69) is 4.74 Å². The maximum atomic E-state index is 12.6. The number of halogens is 3. The van der Waals surface area contributed by atoms with Crippen LogP contribution in [0.15, 0.2) is 53.4 Å². The van der Waals surface area contributed by atoms with Gasteiger partial charge in [0, 0.05) is 11.3 Å². The van der Waals surface area contributed by atoms with Crippen molar-refractivity contribution in [3.63, 3.8) is 0 Å². The second kappa shape index (κ2) is 7.55. The molecule has 1 fully saturated rings. The van der Waals surface area contributed by atoms with Crippen LogP contribution in [0.3, 0.4) is 0 Å². The Morgan fingerprint density at radius 1 is 1.11 bits per heavy atom. The van der Waals surface area contributed by atoms with Crippen molar-refractivity contribution in [1.82, 2.24) is 0 Å². The number of carboxylic acid groups (broad SMARTS) is 1. The molecule has 1 N–H and O–H groups in total. The summed E-state index contributed by atoms with van der Waals surface area (Å²) in [5, 5.41) is 8.39. The number of alkyl halides is 3. The highest BCUT2D eigenvalue weighted by atomic mass is 32.2. The van der Waals surface area contributed by atoms with Gasteiger partial charge >= 0.3 is 12.3 Å². The Morgan fingerprint density at radius 3 is 2.36 bits per heavy atom. The predicted molar refractivity (Wildman–Crippen MR) is 93.3 cm³/mol. The van der Waals surface area contributed by atoms with Crippen LogP contribution in [-0.4, -0.2) is 34.5 Å². The number of amides is 2. The molecular weight excluding hydrogens is 399 g/mol. The minimum atomic E-state index is -4.85. The maximum absolute atomic E-state index is 12.6. The Bertz CT molecular complexity index is 930. The fourth-order valence-corrected chi connectivity index (χ4v) is 3.84. The molecule has 0 aliphatic carbocycles. The fraction of sp³-hybridized carbons (Fsp3) is 0.167. The van der Waals surface area contributed by atoms with E-state index in [4.69, 9.17) is 0 Å². The summed E-state index contributed by atoms with van der Waals surface area (Å²) < 4.78 is 40.4. The molecule has 0 bridgehead atoms. The van der Waals surface area contributed by atoms with Gasteiger partial charge in [-0.05, 0) is 36.4 Å². The van der Waals surface area contributed by atoms with E-state index in [-0.39, 0.29) is 17.7 Å². The van der Waals surface area contributed by atoms with E-state index in [0.29, 0.717) is 4.90 Å². The maximum Gasteiger partial charge on any atom is 0.573 e. The molecule has 1 saturated heterocycles. The summed E-state index contributed by atoms with van der Waals surface area (Å²) in [6.07, 6.45) is -5.00. The Hall–Kier alpha value is -3.01. The van der Waals surface area contributed by atoms with Crippen LogP contribution in [0.1, 0.15) is 16.8 Å². The standard InChI is InChI=1S/C18H12F3NO5S/c19-18(20,21)27-11-7-5-10(6-8-11)22-15(23)9-14(16(22)24)28-13-4-2-1-3-12(13)17(25)26/h1-8,14H,9H2,(H,25,26)/t14-/m1/s1. The molecule has 0 unspecified atom stereocenters. The first kappa shape index (κ1) is 19.7. The molecule has 1 aliphatic heterocycles. The first-order chi connectivity index (χ1) is 13.2. The normalized spacial score (nSPS) is 17.1. The van der Waals surface area contributed by atoms with Crippen molar-refractivity contribution in [3.8, 4) is 5.75 Å². The van der Waals surface area contributed by atoms with Gasteiger partial charge in [0.15, 0.2) is 0 Å². The van der Waals surface area contributed by atoms with Crippen molar-refractivity contribution >= 4 is 35.2 Å². The van der Waals surface area contributed by atoms with Crippen LogP contribution in [0, 0.1) is 0 Å². The lowest BCUT2D eigenvalue weighted by atomic mass is 10.2. The van der Waals surface area contributed by atoms with Crippen LogP contribution < -0.4 is 9.64 Å². The average molecular weight is 411 g/mol. The number of thioether (sulfide) groups is 1. The van der Waals surface area contributed by atoms with E-state index in [1.54, 1.807) is 12.1 Å². The number of ether oxygens (including phenoxy) is 1. The van der Waals surface area contributed by atoms with Crippen molar-refractivity contribution in [2.24, 2.45) is 0 Å². The lowest BCUT2D eigenvalue weighted by Gasteiger charge is -2.16. The number of hydrogen-bond acceptors (Lipinski definition) is 5. The molecule has 1 atom stereocenters. The lowest BCUT2D eigenvalue weighted by Crippen LogP contribution is -2.31. The zero-order valence-electron chi connectivity index (χ0n) is 14.0. The van der Waals surface area contributed by atoms with Gasteiger partial charge in [-0.15, -0.1) is 24.9 Å². The number of nitrogens with zero attached hydrogens (tertiary/aromatic N) is 1. The molecule has 0 aromatic heterocycles. The minimum Gasteiger partial charge on any atom is -0.478 e. The van der Waals surface area contributed by atoms with Gasteiger partial charge in [0.1, 0.15) is 5.75 Å². The highest BCUT2D eigenvalue weighted by Gasteiger charge is 2.40. The lowest BCUT2D eigenvalue weighted by molar-refractivity contribution is -0.274. The second-order valence-electron chi connectivity index (χ2n) is 5.72. The molecule has 0 radical (unpaired) electrons. The first-order valence-corrected chi connectivity index (χ1v) is 8.75. The predicted octanol–water partition coefficient (Wildman–Crippen LogP) is 3.71. The molecule has 2 aromatic rings. The molecular formula is C18H12F3NO5S. The van der Waals surface area contributed by atoms with E-state index in [1.807, 2.05) is 0 Å². The largest absolute Gasteiger partial charge is 0.573 e. The zero-order valence-corrected chi connectivity index (χ0v) is 14.8. The van der Waals surface area contributed by atoms with Crippen molar-refractivity contribution in [2.45, 2.75) is 22.9 Å². The summed E-state index contributed by atoms with van der Waals surface area (Å²) in [6.45, 7) is 0. The number of carbonyl (C=O) groups excluding carboxylic acids is 2. The molecule has 1 heterocycles. The number of hydrogen-bond donors (Lipinski definition) is 1. The third-order valence-electron chi connectivity index (χ3n) is 3.82. The molecule has 1 aliphatic rings. The summed E-state index contributed by atoms with van der Waals surface area (Å²) in [5.74, 6) is -2.73. The zero-order chi connectivity index (χ0) is 20.5. The number of carbonyl (C=O) groups is 3. The highest BCUT2D eigenvalue weighted by molar-refractivity contribution is 8.00. The topological polar surface area (TPSA) is 83.9 Å². The number of aromatic carboxylic acids is 1. The molecule has 28 heavy (non-hydrogen) atoms. The van der Waals surface area contributed by atoms with Gasteiger partial charge in [0.25, 0.3) is 0 Å². The average Bonchev–Trinajstić information content (AvgIpc) is 2.88. The number of imide groups is 1. The molecule has 146 valence electrons. The smallest absolute Gasteiger partial charge is 0.478 e. The molecule has 6 nitrogen and oxygen atoms in total. The minimum absolute atomic E-state index is 0.0138. The molecule has 2 aromatic carbocycles. The van der Waals surface area contributed by atoms with Gasteiger partial charge in [0.2, 0.25) is 11.8 Å². The summed E-state index contributed by atoms with van der Waals surface area (Å²) in [5.41, 5.74) is 0.124. The van der Waals surface area contributed by atoms with E-state index < -0.39 is 35.1 Å². The number of carboxylic acids is 1. The Labute approximate surface area is 160 Å². The van der Waals surface area contributed by atoms with Crippen LogP contribution in [0.2, 0.25) is 0 Å². The fourth-order valence-electron chi connectivity index (χ4n) is 2.66. The van der Waals surface area contributed by atoms with Crippen molar-refractivity contribution in [2.75, 3.05) is 4.90 Å². The van der Waals surface area contributed by atoms with Crippen molar-refractivity contribution in [3.05, 3.63) is 54.1 Å². The second-order valence-corrected chi connectivity index (χ2v) is 6.97.